The van der Waals surface area contributed by atoms with Crippen molar-refractivity contribution in [3.05, 3.63) is 95.2 Å². The predicted molar refractivity (Wildman–Crippen MR) is 110 cm³/mol. The number of halogens is 1. The van der Waals surface area contributed by atoms with E-state index in [1.54, 1.807) is 29.2 Å². The fourth-order valence-corrected chi connectivity index (χ4v) is 4.03. The van der Waals surface area contributed by atoms with E-state index in [1.807, 2.05) is 31.2 Å². The predicted octanol–water partition coefficient (Wildman–Crippen LogP) is 3.90. The second kappa shape index (κ2) is 8.53. The van der Waals surface area contributed by atoms with Gasteiger partial charge in [-0.1, -0.05) is 36.4 Å². The van der Waals surface area contributed by atoms with E-state index in [2.05, 4.69) is 5.32 Å². The van der Waals surface area contributed by atoms with E-state index >= 15 is 0 Å². The van der Waals surface area contributed by atoms with Crippen molar-refractivity contribution in [1.82, 2.24) is 10.2 Å². The highest BCUT2D eigenvalue weighted by Gasteiger charge is 2.41. The monoisotopic (exact) mass is 406 g/mol. The van der Waals surface area contributed by atoms with Gasteiger partial charge in [0.2, 0.25) is 5.91 Å². The number of amides is 2. The number of hydrogen-bond donors (Lipinski definition) is 1. The molecule has 1 aliphatic rings. The first-order chi connectivity index (χ1) is 14.5. The van der Waals surface area contributed by atoms with Crippen LogP contribution in [0.2, 0.25) is 0 Å². The third kappa shape index (κ3) is 4.13. The first-order valence-electron chi connectivity index (χ1n) is 9.93. The topological polar surface area (TPSA) is 62.6 Å². The Bertz CT molecular complexity index is 1030. The fourth-order valence-electron chi connectivity index (χ4n) is 4.03. The SMILES string of the molecule is Cc1ccccc1[C@H]1CN(C(=O)c2ccco2)C[C@@H]1C(=O)NCc1ccc(F)cc1. The zero-order valence-electron chi connectivity index (χ0n) is 16.7. The number of nitrogens with one attached hydrogen (secondary N) is 1. The second-order valence-corrected chi connectivity index (χ2v) is 7.60. The highest BCUT2D eigenvalue weighted by Crippen LogP contribution is 2.35. The first kappa shape index (κ1) is 19.9. The molecular weight excluding hydrogens is 383 g/mol. The van der Waals surface area contributed by atoms with Gasteiger partial charge in [0.1, 0.15) is 5.82 Å². The molecule has 6 heteroatoms. The smallest absolute Gasteiger partial charge is 0.289 e. The summed E-state index contributed by atoms with van der Waals surface area (Å²) in [5.41, 5.74) is 2.97. The molecular formula is C24H23FN2O3. The zero-order chi connectivity index (χ0) is 21.1. The van der Waals surface area contributed by atoms with Crippen LogP contribution in [0.5, 0.6) is 0 Å². The lowest BCUT2D eigenvalue weighted by Crippen LogP contribution is -2.35. The molecule has 3 aromatic rings. The number of benzene rings is 2. The van der Waals surface area contributed by atoms with Crippen molar-refractivity contribution >= 4 is 11.8 Å². The van der Waals surface area contributed by atoms with Crippen molar-refractivity contribution in [2.24, 2.45) is 5.92 Å². The normalized spacial score (nSPS) is 18.4. The van der Waals surface area contributed by atoms with Crippen LogP contribution in [0.3, 0.4) is 0 Å². The maximum atomic E-state index is 13.1. The summed E-state index contributed by atoms with van der Waals surface area (Å²) in [5, 5.41) is 2.95. The maximum absolute atomic E-state index is 13.1. The Morgan fingerprint density at radius 3 is 2.53 bits per heavy atom. The van der Waals surface area contributed by atoms with Gasteiger partial charge in [-0.05, 0) is 47.9 Å². The molecule has 1 aliphatic heterocycles. The van der Waals surface area contributed by atoms with Gasteiger partial charge in [-0.3, -0.25) is 9.59 Å². The number of aryl methyl sites for hydroxylation is 1. The van der Waals surface area contributed by atoms with Gasteiger partial charge in [0, 0.05) is 25.6 Å². The Hall–Kier alpha value is -3.41. The third-order valence-electron chi connectivity index (χ3n) is 5.64. The summed E-state index contributed by atoms with van der Waals surface area (Å²) < 4.78 is 18.4. The summed E-state index contributed by atoms with van der Waals surface area (Å²) in [5.74, 6) is -0.878. The van der Waals surface area contributed by atoms with Gasteiger partial charge in [-0.25, -0.2) is 4.39 Å². The lowest BCUT2D eigenvalue weighted by atomic mass is 9.86. The summed E-state index contributed by atoms with van der Waals surface area (Å²) in [6.07, 6.45) is 1.47. The Morgan fingerprint density at radius 1 is 1.07 bits per heavy atom. The molecule has 0 spiro atoms. The summed E-state index contributed by atoms with van der Waals surface area (Å²) in [7, 11) is 0. The minimum Gasteiger partial charge on any atom is -0.459 e. The van der Waals surface area contributed by atoms with Crippen LogP contribution in [0.1, 0.15) is 33.2 Å². The van der Waals surface area contributed by atoms with Crippen LogP contribution in [0, 0.1) is 18.7 Å². The van der Waals surface area contributed by atoms with Crippen molar-refractivity contribution in [3.63, 3.8) is 0 Å². The first-order valence-corrected chi connectivity index (χ1v) is 9.93. The van der Waals surface area contributed by atoms with Crippen LogP contribution in [0.4, 0.5) is 4.39 Å². The number of furan rings is 1. The standard InChI is InChI=1S/C24H23FN2O3/c1-16-5-2-3-6-19(16)20-14-27(24(29)22-7-4-12-30-22)15-21(20)23(28)26-13-17-8-10-18(25)11-9-17/h2-12,20-21H,13-15H2,1H3,(H,26,28)/t20-,21+/m1/s1. The summed E-state index contributed by atoms with van der Waals surface area (Å²) >= 11 is 0. The number of hydrogen-bond acceptors (Lipinski definition) is 3. The molecule has 0 aliphatic carbocycles. The minimum atomic E-state index is -0.384. The van der Waals surface area contributed by atoms with Gasteiger partial charge in [0.15, 0.2) is 5.76 Å². The molecule has 0 saturated carbocycles. The van der Waals surface area contributed by atoms with Gasteiger partial charge in [-0.15, -0.1) is 0 Å². The van der Waals surface area contributed by atoms with Crippen LogP contribution in [0.15, 0.2) is 71.3 Å². The van der Waals surface area contributed by atoms with Crippen molar-refractivity contribution in [3.8, 4) is 0 Å². The van der Waals surface area contributed by atoms with E-state index in [-0.39, 0.29) is 35.2 Å². The Kier molecular flexibility index (Phi) is 5.65. The highest BCUT2D eigenvalue weighted by molar-refractivity contribution is 5.92. The molecule has 2 atom stereocenters. The van der Waals surface area contributed by atoms with Crippen molar-refractivity contribution in [2.45, 2.75) is 19.4 Å². The quantitative estimate of drug-likeness (QED) is 0.699. The lowest BCUT2D eigenvalue weighted by molar-refractivity contribution is -0.125. The third-order valence-corrected chi connectivity index (χ3v) is 5.64. The molecule has 1 N–H and O–H groups in total. The van der Waals surface area contributed by atoms with E-state index < -0.39 is 0 Å². The molecule has 0 radical (unpaired) electrons. The Morgan fingerprint density at radius 2 is 1.83 bits per heavy atom. The molecule has 1 saturated heterocycles. The second-order valence-electron chi connectivity index (χ2n) is 7.60. The number of likely N-dealkylation sites (tertiary alicyclic amines) is 1. The molecule has 1 aromatic heterocycles. The molecule has 154 valence electrons. The van der Waals surface area contributed by atoms with Gasteiger partial charge in [-0.2, -0.15) is 0 Å². The van der Waals surface area contributed by atoms with E-state index in [4.69, 9.17) is 4.42 Å². The molecule has 5 nitrogen and oxygen atoms in total. The molecule has 1 fully saturated rings. The molecule has 0 bridgehead atoms. The van der Waals surface area contributed by atoms with E-state index in [0.717, 1.165) is 16.7 Å². The molecule has 2 amide bonds. The highest BCUT2D eigenvalue weighted by atomic mass is 19.1. The van der Waals surface area contributed by atoms with Crippen LogP contribution < -0.4 is 5.32 Å². The minimum absolute atomic E-state index is 0.113. The average Bonchev–Trinajstić information content (AvgIpc) is 3.43. The number of carbonyl (C=O) groups excluding carboxylic acids is 2. The van der Waals surface area contributed by atoms with Gasteiger partial charge in [0.25, 0.3) is 5.91 Å². The van der Waals surface area contributed by atoms with Crippen molar-refractivity contribution in [2.75, 3.05) is 13.1 Å². The van der Waals surface area contributed by atoms with Gasteiger partial charge >= 0.3 is 0 Å². The number of rotatable bonds is 5. The van der Waals surface area contributed by atoms with Crippen LogP contribution >= 0.6 is 0 Å². The Balaban J connectivity index is 1.54. The number of nitrogens with zero attached hydrogens (tertiary/aromatic N) is 1. The van der Waals surface area contributed by atoms with Crippen LogP contribution in [-0.4, -0.2) is 29.8 Å². The Labute approximate surface area is 174 Å². The van der Waals surface area contributed by atoms with Crippen molar-refractivity contribution < 1.29 is 18.4 Å². The molecule has 2 heterocycles. The largest absolute Gasteiger partial charge is 0.459 e. The average molecular weight is 406 g/mol. The maximum Gasteiger partial charge on any atom is 0.289 e. The fraction of sp³-hybridized carbons (Fsp3) is 0.250. The molecule has 0 unspecified atom stereocenters. The van der Waals surface area contributed by atoms with E-state index in [0.29, 0.717) is 19.6 Å². The summed E-state index contributed by atoms with van der Waals surface area (Å²) in [4.78, 5) is 27.6. The molecule has 30 heavy (non-hydrogen) atoms. The van der Waals surface area contributed by atoms with Gasteiger partial charge in [0.05, 0.1) is 12.2 Å². The molecule has 4 rings (SSSR count). The number of carbonyl (C=O) groups is 2. The van der Waals surface area contributed by atoms with Crippen LogP contribution in [0.25, 0.3) is 0 Å². The zero-order valence-corrected chi connectivity index (χ0v) is 16.7. The summed E-state index contributed by atoms with van der Waals surface area (Å²) in [6.45, 7) is 3.08. The lowest BCUT2D eigenvalue weighted by Gasteiger charge is -2.20. The van der Waals surface area contributed by atoms with E-state index in [1.165, 1.54) is 18.4 Å². The summed E-state index contributed by atoms with van der Waals surface area (Å²) in [6, 6.07) is 17.3. The van der Waals surface area contributed by atoms with Crippen LogP contribution in [-0.2, 0) is 11.3 Å². The van der Waals surface area contributed by atoms with Crippen molar-refractivity contribution in [1.29, 1.82) is 0 Å². The van der Waals surface area contributed by atoms with E-state index in [9.17, 15) is 14.0 Å². The molecule has 2 aromatic carbocycles. The van der Waals surface area contributed by atoms with Gasteiger partial charge < -0.3 is 14.6 Å².